The number of aryl methyl sites for hydroxylation is 6. The molecule has 3 heterocycles. The van der Waals surface area contributed by atoms with E-state index < -0.39 is 0 Å². The smallest absolute Gasteiger partial charge is 0.238 e. The first-order chi connectivity index (χ1) is 31.1. The first kappa shape index (κ1) is 38.8. The van der Waals surface area contributed by atoms with Gasteiger partial charge in [-0.15, -0.1) is 0 Å². The van der Waals surface area contributed by atoms with Gasteiger partial charge in [-0.3, -0.25) is 4.57 Å². The van der Waals surface area contributed by atoms with Gasteiger partial charge in [0.25, 0.3) is 0 Å². The van der Waals surface area contributed by atoms with E-state index in [-0.39, 0.29) is 0 Å². The maximum absolute atomic E-state index is 11.0. The summed E-state index contributed by atoms with van der Waals surface area (Å²) < 4.78 is 4.37. The lowest BCUT2D eigenvalue weighted by molar-refractivity contribution is 0.953. The van der Waals surface area contributed by atoms with Crippen molar-refractivity contribution in [3.8, 4) is 62.7 Å². The van der Waals surface area contributed by atoms with E-state index in [9.17, 15) is 5.26 Å². The summed E-state index contributed by atoms with van der Waals surface area (Å²) in [6.45, 7) is 12.9. The van der Waals surface area contributed by atoms with Crippen LogP contribution in [0.3, 0.4) is 0 Å². The van der Waals surface area contributed by atoms with Crippen molar-refractivity contribution in [3.63, 3.8) is 0 Å². The molecule has 0 radical (unpaired) electrons. The summed E-state index contributed by atoms with van der Waals surface area (Å²) in [7, 11) is 0. The minimum Gasteiger partial charge on any atom is -0.308 e. The Morgan fingerprint density at radius 1 is 0.391 bits per heavy atom. The molecule has 64 heavy (non-hydrogen) atoms. The fourth-order valence-electron chi connectivity index (χ4n) is 9.63. The zero-order valence-electron chi connectivity index (χ0n) is 36.7. The molecule has 0 saturated carbocycles. The van der Waals surface area contributed by atoms with Gasteiger partial charge in [0.1, 0.15) is 6.07 Å². The first-order valence-corrected chi connectivity index (χ1v) is 21.7. The second-order valence-electron chi connectivity index (χ2n) is 17.3. The average Bonchev–Trinajstić information content (AvgIpc) is 3.80. The van der Waals surface area contributed by atoms with Gasteiger partial charge >= 0.3 is 0 Å². The highest BCUT2D eigenvalue weighted by Crippen LogP contribution is 2.40. The maximum atomic E-state index is 11.0. The molecular weight excluding hydrogens is 781 g/mol. The molecule has 0 fully saturated rings. The van der Waals surface area contributed by atoms with Crippen LogP contribution in [-0.4, -0.2) is 24.1 Å². The van der Waals surface area contributed by atoms with Crippen LogP contribution in [0, 0.1) is 52.9 Å². The minimum atomic E-state index is 0.486. The fourth-order valence-corrected chi connectivity index (χ4v) is 9.63. The quantitative estimate of drug-likeness (QED) is 0.167. The lowest BCUT2D eigenvalue weighted by Crippen LogP contribution is -2.07. The van der Waals surface area contributed by atoms with Gasteiger partial charge in [-0.1, -0.05) is 113 Å². The molecule has 0 aliphatic heterocycles. The average molecular weight is 825 g/mol. The van der Waals surface area contributed by atoms with Crippen LogP contribution in [0.2, 0.25) is 0 Å². The van der Waals surface area contributed by atoms with Gasteiger partial charge in [-0.05, 0) is 142 Å². The Balaban J connectivity index is 1.12. The van der Waals surface area contributed by atoms with Crippen molar-refractivity contribution in [2.24, 2.45) is 0 Å². The Morgan fingerprint density at radius 2 is 0.844 bits per heavy atom. The number of hydrogen-bond donors (Lipinski definition) is 0. The molecule has 0 atom stereocenters. The highest BCUT2D eigenvalue weighted by atomic mass is 15.2. The monoisotopic (exact) mass is 824 g/mol. The van der Waals surface area contributed by atoms with Crippen molar-refractivity contribution < 1.29 is 0 Å². The third kappa shape index (κ3) is 6.44. The van der Waals surface area contributed by atoms with Crippen LogP contribution in [0.25, 0.3) is 100 Å². The topological polar surface area (TPSA) is 72.3 Å². The van der Waals surface area contributed by atoms with Crippen molar-refractivity contribution in [1.29, 1.82) is 5.26 Å². The largest absolute Gasteiger partial charge is 0.308 e. The highest BCUT2D eigenvalue weighted by molar-refractivity contribution is 6.12. The molecule has 0 N–H and O–H groups in total. The van der Waals surface area contributed by atoms with E-state index in [4.69, 9.17) is 15.0 Å². The first-order valence-electron chi connectivity index (χ1n) is 21.7. The van der Waals surface area contributed by atoms with Gasteiger partial charge in [0.2, 0.25) is 5.95 Å². The Kier molecular flexibility index (Phi) is 9.11. The van der Waals surface area contributed by atoms with Crippen LogP contribution in [0.5, 0.6) is 0 Å². The molecule has 0 aliphatic rings. The van der Waals surface area contributed by atoms with Crippen molar-refractivity contribution in [2.75, 3.05) is 0 Å². The van der Waals surface area contributed by atoms with Gasteiger partial charge in [-0.25, -0.2) is 4.98 Å². The molecule has 0 aliphatic carbocycles. The van der Waals surface area contributed by atoms with Gasteiger partial charge in [0.05, 0.1) is 33.3 Å². The standard InChI is InChI=1S/C58H44N6/c1-34-12-19-45(38(5)26-34)41-16-24-52-49(31-41)50-32-42(46-20-13-35(2)27-39(46)6)17-25-53(50)63(52)51-23-18-43(30-44(51)33-59)57-60-56(40-10-8-7-9-11-40)61-58(62-57)64-54-21-14-36(3)28-47(54)48-29-37(4)15-22-55(48)64/h7-32H,1-6H3. The summed E-state index contributed by atoms with van der Waals surface area (Å²) >= 11 is 0. The zero-order chi connectivity index (χ0) is 43.8. The van der Waals surface area contributed by atoms with E-state index in [1.807, 2.05) is 48.5 Å². The molecule has 0 unspecified atom stereocenters. The number of nitriles is 1. The SMILES string of the molecule is Cc1ccc(-c2ccc3c(c2)c2cc(-c4ccc(C)cc4C)ccc2n3-c2ccc(-c3nc(-c4ccccc4)nc(-n4c5ccc(C)cc5c5cc(C)ccc54)n3)cc2C#N)c(C)c1. The number of benzene rings is 8. The van der Waals surface area contributed by atoms with Crippen molar-refractivity contribution >= 4 is 43.6 Å². The molecule has 11 rings (SSSR count). The Bertz CT molecular complexity index is 3580. The van der Waals surface area contributed by atoms with Crippen molar-refractivity contribution in [3.05, 3.63) is 197 Å². The molecule has 3 aromatic heterocycles. The van der Waals surface area contributed by atoms with Crippen molar-refractivity contribution in [2.45, 2.75) is 41.5 Å². The molecule has 6 heteroatoms. The molecule has 0 saturated heterocycles. The number of nitrogens with zero attached hydrogens (tertiary/aromatic N) is 6. The Morgan fingerprint density at radius 3 is 1.38 bits per heavy atom. The number of aromatic nitrogens is 5. The second kappa shape index (κ2) is 15.0. The van der Waals surface area contributed by atoms with E-state index in [1.54, 1.807) is 0 Å². The van der Waals surface area contributed by atoms with E-state index in [1.165, 1.54) is 44.5 Å². The lowest BCUT2D eigenvalue weighted by atomic mass is 9.95. The van der Waals surface area contributed by atoms with Crippen LogP contribution in [0.4, 0.5) is 0 Å². The van der Waals surface area contributed by atoms with Crippen LogP contribution < -0.4 is 0 Å². The zero-order valence-corrected chi connectivity index (χ0v) is 36.7. The van der Waals surface area contributed by atoms with Crippen LogP contribution in [0.1, 0.15) is 38.9 Å². The summed E-state index contributed by atoms with van der Waals surface area (Å²) in [6.07, 6.45) is 0. The highest BCUT2D eigenvalue weighted by Gasteiger charge is 2.21. The number of hydrogen-bond acceptors (Lipinski definition) is 4. The predicted molar refractivity (Wildman–Crippen MR) is 263 cm³/mol. The van der Waals surface area contributed by atoms with Crippen LogP contribution in [-0.2, 0) is 0 Å². The van der Waals surface area contributed by atoms with E-state index in [2.05, 4.69) is 166 Å². The summed E-state index contributed by atoms with van der Waals surface area (Å²) in [5.41, 5.74) is 19.0. The second-order valence-corrected chi connectivity index (χ2v) is 17.3. The van der Waals surface area contributed by atoms with E-state index in [0.717, 1.165) is 71.6 Å². The van der Waals surface area contributed by atoms with Gasteiger partial charge in [0, 0.05) is 32.7 Å². The molecule has 11 aromatic rings. The normalized spacial score (nSPS) is 11.6. The fraction of sp³-hybridized carbons (Fsp3) is 0.103. The third-order valence-electron chi connectivity index (χ3n) is 12.7. The Labute approximate surface area is 372 Å². The summed E-state index contributed by atoms with van der Waals surface area (Å²) in [5, 5.41) is 15.6. The number of fused-ring (bicyclic) bond motifs is 6. The molecule has 0 bridgehead atoms. The summed E-state index contributed by atoms with van der Waals surface area (Å²) in [5.74, 6) is 1.55. The maximum Gasteiger partial charge on any atom is 0.238 e. The lowest BCUT2D eigenvalue weighted by Gasteiger charge is -2.14. The molecular formula is C58H44N6. The van der Waals surface area contributed by atoms with Gasteiger partial charge in [-0.2, -0.15) is 15.2 Å². The van der Waals surface area contributed by atoms with Gasteiger partial charge in [0.15, 0.2) is 11.6 Å². The van der Waals surface area contributed by atoms with Gasteiger partial charge < -0.3 is 4.57 Å². The third-order valence-corrected chi connectivity index (χ3v) is 12.7. The molecule has 6 nitrogen and oxygen atoms in total. The summed E-state index contributed by atoms with van der Waals surface area (Å²) in [6, 6.07) is 58.3. The van der Waals surface area contributed by atoms with E-state index in [0.29, 0.717) is 23.2 Å². The minimum absolute atomic E-state index is 0.486. The molecule has 8 aromatic carbocycles. The number of rotatable bonds is 6. The molecule has 0 spiro atoms. The predicted octanol–water partition coefficient (Wildman–Crippen LogP) is 14.5. The van der Waals surface area contributed by atoms with E-state index >= 15 is 0 Å². The summed E-state index contributed by atoms with van der Waals surface area (Å²) in [4.78, 5) is 15.4. The van der Waals surface area contributed by atoms with Crippen LogP contribution >= 0.6 is 0 Å². The Hall–Kier alpha value is -8.14. The molecule has 306 valence electrons. The molecule has 0 amide bonds. The van der Waals surface area contributed by atoms with Crippen molar-refractivity contribution in [1.82, 2.24) is 24.1 Å². The van der Waals surface area contributed by atoms with Crippen LogP contribution in [0.15, 0.2) is 158 Å².